The van der Waals surface area contributed by atoms with Crippen molar-refractivity contribution in [2.45, 2.75) is 26.4 Å². The van der Waals surface area contributed by atoms with Gasteiger partial charge in [0.1, 0.15) is 5.69 Å². The number of amides is 2. The van der Waals surface area contributed by atoms with E-state index in [4.69, 9.17) is 5.26 Å². The molecule has 1 aromatic carbocycles. The maximum absolute atomic E-state index is 12.9. The van der Waals surface area contributed by atoms with Crippen LogP contribution in [-0.4, -0.2) is 56.7 Å². The third-order valence-corrected chi connectivity index (χ3v) is 6.14. The Hall–Kier alpha value is -3.44. The van der Waals surface area contributed by atoms with Crippen molar-refractivity contribution in [1.29, 1.82) is 5.26 Å². The van der Waals surface area contributed by atoms with Crippen LogP contribution in [0.3, 0.4) is 0 Å². The Morgan fingerprint density at radius 1 is 1.30 bits per heavy atom. The Balaban J connectivity index is 1.49. The van der Waals surface area contributed by atoms with Crippen LogP contribution < -0.4 is 5.32 Å². The summed E-state index contributed by atoms with van der Waals surface area (Å²) in [6.07, 6.45) is 1.79. The number of pyridine rings is 1. The molecule has 152 valence electrons. The van der Waals surface area contributed by atoms with Crippen LogP contribution in [-0.2, 0) is 6.54 Å². The molecule has 2 N–H and O–H groups in total. The topological polar surface area (TPSA) is 101 Å². The van der Waals surface area contributed by atoms with Gasteiger partial charge < -0.3 is 10.2 Å². The highest BCUT2D eigenvalue weighted by Gasteiger charge is 2.38. The second kappa shape index (κ2) is 7.11. The lowest BCUT2D eigenvalue weighted by atomic mass is 10.00. The molecule has 2 aromatic heterocycles. The number of aromatic nitrogens is 3. The molecular weight excluding hydrogens is 378 g/mol. The van der Waals surface area contributed by atoms with Crippen LogP contribution in [0.15, 0.2) is 30.5 Å². The third-order valence-electron chi connectivity index (χ3n) is 6.14. The first-order valence-electron chi connectivity index (χ1n) is 10.1. The van der Waals surface area contributed by atoms with Crippen LogP contribution in [0.4, 0.5) is 10.5 Å². The van der Waals surface area contributed by atoms with Crippen molar-refractivity contribution in [2.24, 2.45) is 5.92 Å². The van der Waals surface area contributed by atoms with Crippen LogP contribution in [0.2, 0.25) is 0 Å². The summed E-state index contributed by atoms with van der Waals surface area (Å²) in [7, 11) is 0. The number of hydrogen-bond donors (Lipinski definition) is 2. The number of carbonyl (C=O) groups is 1. The highest BCUT2D eigenvalue weighted by atomic mass is 16.2. The molecule has 4 heterocycles. The molecule has 5 rings (SSSR count). The van der Waals surface area contributed by atoms with Crippen molar-refractivity contribution >= 4 is 22.6 Å². The molecule has 2 atom stereocenters. The van der Waals surface area contributed by atoms with Gasteiger partial charge in [0, 0.05) is 48.2 Å². The summed E-state index contributed by atoms with van der Waals surface area (Å²) < 4.78 is 0. The number of likely N-dealkylation sites (tertiary alicyclic amines) is 1. The zero-order valence-corrected chi connectivity index (χ0v) is 17.0. The minimum absolute atomic E-state index is 0.0815. The van der Waals surface area contributed by atoms with E-state index in [-0.39, 0.29) is 12.1 Å². The molecule has 0 spiro atoms. The number of anilines is 1. The standard InChI is InChI=1S/C22H23N7O/c1-13-10-28(6-4-23)12-20(13)29-11-16-8-17-19(9-18(16)25-22(29)30)26-27-21(17)15-3-5-24-14(2)7-15/h3,5,7-9,13,20H,6,10-12H2,1-2H3,(H,25,30)(H,26,27)/t13-,20-/m1/s1. The van der Waals surface area contributed by atoms with Crippen LogP contribution in [0.5, 0.6) is 0 Å². The zero-order valence-electron chi connectivity index (χ0n) is 17.0. The number of nitriles is 1. The molecule has 8 nitrogen and oxygen atoms in total. The molecule has 8 heteroatoms. The average Bonchev–Trinajstić information content (AvgIpc) is 3.29. The molecule has 2 aliphatic rings. The first kappa shape index (κ1) is 18.6. The Morgan fingerprint density at radius 3 is 2.97 bits per heavy atom. The summed E-state index contributed by atoms with van der Waals surface area (Å²) in [6, 6.07) is 10.3. The normalized spacial score (nSPS) is 21.5. The maximum atomic E-state index is 12.9. The van der Waals surface area contributed by atoms with Crippen molar-refractivity contribution in [3.63, 3.8) is 0 Å². The Bertz CT molecular complexity index is 1180. The van der Waals surface area contributed by atoms with Crippen LogP contribution >= 0.6 is 0 Å². The lowest BCUT2D eigenvalue weighted by Crippen LogP contribution is -2.48. The highest BCUT2D eigenvalue weighted by molar-refractivity contribution is 6.00. The van der Waals surface area contributed by atoms with Gasteiger partial charge in [-0.1, -0.05) is 6.92 Å². The summed E-state index contributed by atoms with van der Waals surface area (Å²) >= 11 is 0. The molecule has 30 heavy (non-hydrogen) atoms. The summed E-state index contributed by atoms with van der Waals surface area (Å²) in [4.78, 5) is 21.1. The average molecular weight is 401 g/mol. The lowest BCUT2D eigenvalue weighted by Gasteiger charge is -2.35. The molecule has 0 radical (unpaired) electrons. The van der Waals surface area contributed by atoms with Crippen molar-refractivity contribution in [3.05, 3.63) is 41.7 Å². The van der Waals surface area contributed by atoms with Gasteiger partial charge in [-0.25, -0.2) is 4.79 Å². The fourth-order valence-electron chi connectivity index (χ4n) is 4.66. The summed E-state index contributed by atoms with van der Waals surface area (Å²) in [5.74, 6) is 0.318. The van der Waals surface area contributed by atoms with E-state index < -0.39 is 0 Å². The monoisotopic (exact) mass is 401 g/mol. The number of nitrogens with zero attached hydrogens (tertiary/aromatic N) is 5. The van der Waals surface area contributed by atoms with Gasteiger partial charge >= 0.3 is 6.03 Å². The molecule has 0 aliphatic carbocycles. The smallest absolute Gasteiger partial charge is 0.316 e. The van der Waals surface area contributed by atoms with E-state index in [0.29, 0.717) is 19.0 Å². The number of rotatable bonds is 3. The predicted molar refractivity (Wildman–Crippen MR) is 114 cm³/mol. The SMILES string of the molecule is Cc1cc(-c2n[nH]c3cc4c(cc23)CN([C@@H]2CN(CC#N)C[C@H]2C)C(=O)N4)ccn1. The largest absolute Gasteiger partial charge is 0.322 e. The number of fused-ring (bicyclic) bond motifs is 2. The minimum Gasteiger partial charge on any atom is -0.316 e. The van der Waals surface area contributed by atoms with Gasteiger partial charge in [-0.15, -0.1) is 0 Å². The maximum Gasteiger partial charge on any atom is 0.322 e. The van der Waals surface area contributed by atoms with Gasteiger partial charge in [-0.3, -0.25) is 15.0 Å². The number of hydrogen-bond acceptors (Lipinski definition) is 5. The van der Waals surface area contributed by atoms with E-state index in [0.717, 1.165) is 52.2 Å². The van der Waals surface area contributed by atoms with Gasteiger partial charge in [-0.2, -0.15) is 10.4 Å². The number of aryl methyl sites for hydroxylation is 1. The molecule has 1 saturated heterocycles. The Kier molecular flexibility index (Phi) is 4.40. The van der Waals surface area contributed by atoms with Gasteiger partial charge in [0.25, 0.3) is 0 Å². The van der Waals surface area contributed by atoms with E-state index >= 15 is 0 Å². The molecule has 3 aromatic rings. The fraction of sp³-hybridized carbons (Fsp3) is 0.364. The third kappa shape index (κ3) is 3.08. The van der Waals surface area contributed by atoms with E-state index in [1.807, 2.05) is 30.0 Å². The first-order chi connectivity index (χ1) is 14.5. The quantitative estimate of drug-likeness (QED) is 0.657. The van der Waals surface area contributed by atoms with Crippen molar-refractivity contribution in [3.8, 4) is 17.3 Å². The van der Waals surface area contributed by atoms with E-state index in [1.165, 1.54) is 0 Å². The van der Waals surface area contributed by atoms with Crippen molar-refractivity contribution < 1.29 is 4.79 Å². The number of urea groups is 1. The van der Waals surface area contributed by atoms with E-state index in [1.54, 1.807) is 6.20 Å². The second-order valence-corrected chi connectivity index (χ2v) is 8.27. The first-order valence-corrected chi connectivity index (χ1v) is 10.1. The molecule has 2 aliphatic heterocycles. The van der Waals surface area contributed by atoms with E-state index in [2.05, 4.69) is 44.5 Å². The zero-order chi connectivity index (χ0) is 20.8. The van der Waals surface area contributed by atoms with E-state index in [9.17, 15) is 4.79 Å². The minimum atomic E-state index is -0.0815. The van der Waals surface area contributed by atoms with Crippen LogP contribution in [0, 0.1) is 24.2 Å². The molecule has 2 amide bonds. The van der Waals surface area contributed by atoms with Gasteiger partial charge in [0.05, 0.1) is 24.2 Å². The fourth-order valence-corrected chi connectivity index (χ4v) is 4.66. The molecule has 1 fully saturated rings. The lowest BCUT2D eigenvalue weighted by molar-refractivity contribution is 0.169. The molecule has 0 saturated carbocycles. The van der Waals surface area contributed by atoms with Gasteiger partial charge in [-0.05, 0) is 42.7 Å². The molecular formula is C22H23N7O. The van der Waals surface area contributed by atoms with Gasteiger partial charge in [0.2, 0.25) is 0 Å². The van der Waals surface area contributed by atoms with Crippen LogP contribution in [0.25, 0.3) is 22.2 Å². The Labute approximate surface area is 174 Å². The predicted octanol–water partition coefficient (Wildman–Crippen LogP) is 3.12. The number of carbonyl (C=O) groups excluding carboxylic acids is 1. The molecule has 0 bridgehead atoms. The number of H-pyrrole nitrogens is 1. The van der Waals surface area contributed by atoms with Crippen LogP contribution in [0.1, 0.15) is 18.2 Å². The Morgan fingerprint density at radius 2 is 2.17 bits per heavy atom. The summed E-state index contributed by atoms with van der Waals surface area (Å²) in [5, 5.41) is 20.7. The molecule has 0 unspecified atom stereocenters. The summed E-state index contributed by atoms with van der Waals surface area (Å²) in [6.45, 7) is 6.62. The number of benzene rings is 1. The number of nitrogens with one attached hydrogen (secondary N) is 2. The highest BCUT2D eigenvalue weighted by Crippen LogP contribution is 2.35. The summed E-state index contributed by atoms with van der Waals surface area (Å²) in [5.41, 5.74) is 5.63. The van der Waals surface area contributed by atoms with Crippen molar-refractivity contribution in [1.82, 2.24) is 25.0 Å². The van der Waals surface area contributed by atoms with Crippen molar-refractivity contribution in [2.75, 3.05) is 25.0 Å². The number of aromatic amines is 1. The second-order valence-electron chi connectivity index (χ2n) is 8.27. The van der Waals surface area contributed by atoms with Gasteiger partial charge in [0.15, 0.2) is 0 Å².